The Bertz CT molecular complexity index is 501. The molecule has 3 rings (SSSR count). The van der Waals surface area contributed by atoms with Crippen LogP contribution in [0.1, 0.15) is 32.6 Å². The summed E-state index contributed by atoms with van der Waals surface area (Å²) in [5.74, 6) is 1.13. The first-order chi connectivity index (χ1) is 11.3. The molecule has 6 heteroatoms. The Morgan fingerprint density at radius 1 is 1.22 bits per heavy atom. The molecule has 1 N–H and O–H groups in total. The number of piperidine rings is 1. The zero-order chi connectivity index (χ0) is 16.1. The van der Waals surface area contributed by atoms with E-state index in [4.69, 9.17) is 0 Å². The van der Waals surface area contributed by atoms with E-state index in [1.807, 2.05) is 6.07 Å². The van der Waals surface area contributed by atoms with Crippen LogP contribution in [0.4, 0.5) is 5.95 Å². The van der Waals surface area contributed by atoms with Gasteiger partial charge in [0, 0.05) is 44.0 Å². The molecule has 1 aromatic rings. The van der Waals surface area contributed by atoms with Crippen molar-refractivity contribution in [2.24, 2.45) is 5.92 Å². The summed E-state index contributed by atoms with van der Waals surface area (Å²) < 4.78 is 0. The average molecular weight is 317 g/mol. The average Bonchev–Trinajstić information content (AvgIpc) is 3.08. The molecule has 3 heterocycles. The van der Waals surface area contributed by atoms with Crippen LogP contribution in [0.25, 0.3) is 0 Å². The van der Waals surface area contributed by atoms with Gasteiger partial charge in [0.05, 0.1) is 0 Å². The van der Waals surface area contributed by atoms with Crippen LogP contribution in [0.2, 0.25) is 0 Å². The summed E-state index contributed by atoms with van der Waals surface area (Å²) in [6.07, 6.45) is 7.75. The number of rotatable bonds is 5. The van der Waals surface area contributed by atoms with E-state index in [1.54, 1.807) is 12.4 Å². The molecule has 23 heavy (non-hydrogen) atoms. The first kappa shape index (κ1) is 16.2. The van der Waals surface area contributed by atoms with Gasteiger partial charge in [-0.15, -0.1) is 0 Å². The lowest BCUT2D eigenvalue weighted by Crippen LogP contribution is -2.45. The van der Waals surface area contributed by atoms with Crippen molar-refractivity contribution in [2.45, 2.75) is 38.6 Å². The fourth-order valence-electron chi connectivity index (χ4n) is 3.70. The number of nitrogens with one attached hydrogen (secondary N) is 1. The van der Waals surface area contributed by atoms with Gasteiger partial charge < -0.3 is 10.2 Å². The van der Waals surface area contributed by atoms with E-state index in [0.717, 1.165) is 45.0 Å². The van der Waals surface area contributed by atoms with Gasteiger partial charge in [0.25, 0.3) is 0 Å². The molecule has 6 nitrogen and oxygen atoms in total. The number of aromatic nitrogens is 2. The normalized spacial score (nSPS) is 23.2. The summed E-state index contributed by atoms with van der Waals surface area (Å²) >= 11 is 0. The van der Waals surface area contributed by atoms with Crippen LogP contribution < -0.4 is 10.2 Å². The molecule has 2 aliphatic rings. The van der Waals surface area contributed by atoms with E-state index in [9.17, 15) is 4.79 Å². The van der Waals surface area contributed by atoms with Crippen LogP contribution >= 0.6 is 0 Å². The van der Waals surface area contributed by atoms with E-state index >= 15 is 0 Å². The van der Waals surface area contributed by atoms with Gasteiger partial charge in [-0.25, -0.2) is 9.97 Å². The van der Waals surface area contributed by atoms with Gasteiger partial charge in [-0.3, -0.25) is 9.69 Å². The minimum Gasteiger partial charge on any atom is -0.354 e. The van der Waals surface area contributed by atoms with Crippen molar-refractivity contribution in [3.05, 3.63) is 18.5 Å². The number of carbonyl (C=O) groups is 1. The Kier molecular flexibility index (Phi) is 5.43. The molecule has 2 saturated heterocycles. The van der Waals surface area contributed by atoms with Crippen LogP contribution in [0.5, 0.6) is 0 Å². The Hall–Kier alpha value is -1.69. The minimum atomic E-state index is 0.131. The lowest BCUT2D eigenvalue weighted by molar-refractivity contribution is -0.125. The van der Waals surface area contributed by atoms with Crippen LogP contribution in [0, 0.1) is 5.92 Å². The number of amides is 1. The lowest BCUT2D eigenvalue weighted by atomic mass is 9.96. The molecule has 0 unspecified atom stereocenters. The van der Waals surface area contributed by atoms with Crippen molar-refractivity contribution in [1.29, 1.82) is 0 Å². The van der Waals surface area contributed by atoms with E-state index in [-0.39, 0.29) is 11.8 Å². The first-order valence-electron chi connectivity index (χ1n) is 8.81. The van der Waals surface area contributed by atoms with Crippen LogP contribution in [-0.2, 0) is 4.79 Å². The number of carbonyl (C=O) groups excluding carboxylic acids is 1. The first-order valence-corrected chi connectivity index (χ1v) is 8.81. The Balaban J connectivity index is 1.43. The maximum absolute atomic E-state index is 12.4. The quantitative estimate of drug-likeness (QED) is 0.887. The summed E-state index contributed by atoms with van der Waals surface area (Å²) in [5, 5.41) is 3.18. The molecular weight excluding hydrogens is 290 g/mol. The van der Waals surface area contributed by atoms with E-state index in [2.05, 4.69) is 32.0 Å². The van der Waals surface area contributed by atoms with Crippen LogP contribution in [0.3, 0.4) is 0 Å². The molecule has 0 radical (unpaired) electrons. The fourth-order valence-corrected chi connectivity index (χ4v) is 3.70. The standard InChI is InChI=1S/C17H27N5O/c1-2-21-10-3-5-15(21)13-20-16(23)14-6-11-22(12-7-14)17-18-8-4-9-19-17/h4,8-9,14-15H,2-3,5-7,10-13H2,1H3,(H,20,23)/t15-/m0/s1. The summed E-state index contributed by atoms with van der Waals surface area (Å²) in [7, 11) is 0. The van der Waals surface area contributed by atoms with Crippen molar-refractivity contribution < 1.29 is 4.79 Å². The zero-order valence-electron chi connectivity index (χ0n) is 13.9. The van der Waals surface area contributed by atoms with Gasteiger partial charge >= 0.3 is 0 Å². The van der Waals surface area contributed by atoms with Gasteiger partial charge in [0.2, 0.25) is 11.9 Å². The maximum Gasteiger partial charge on any atom is 0.225 e. The van der Waals surface area contributed by atoms with E-state index < -0.39 is 0 Å². The van der Waals surface area contributed by atoms with Crippen LogP contribution in [-0.4, -0.2) is 59.5 Å². The van der Waals surface area contributed by atoms with Crippen molar-refractivity contribution in [3.63, 3.8) is 0 Å². The largest absolute Gasteiger partial charge is 0.354 e. The fraction of sp³-hybridized carbons (Fsp3) is 0.706. The second-order valence-electron chi connectivity index (χ2n) is 6.48. The number of hydrogen-bond donors (Lipinski definition) is 1. The molecular formula is C17H27N5O. The summed E-state index contributed by atoms with van der Waals surface area (Å²) in [4.78, 5) is 25.6. The SMILES string of the molecule is CCN1CCC[C@H]1CNC(=O)C1CCN(c2ncccn2)CC1. The monoisotopic (exact) mass is 317 g/mol. The highest BCUT2D eigenvalue weighted by atomic mass is 16.1. The van der Waals surface area contributed by atoms with Crippen molar-refractivity contribution >= 4 is 11.9 Å². The Labute approximate surface area is 138 Å². The molecule has 1 atom stereocenters. The second kappa shape index (κ2) is 7.73. The highest BCUT2D eigenvalue weighted by Crippen LogP contribution is 2.21. The molecule has 0 aliphatic carbocycles. The predicted octanol–water partition coefficient (Wildman–Crippen LogP) is 1.29. The number of hydrogen-bond acceptors (Lipinski definition) is 5. The summed E-state index contributed by atoms with van der Waals surface area (Å²) in [6.45, 7) is 6.96. The van der Waals surface area contributed by atoms with Gasteiger partial charge in [0.1, 0.15) is 0 Å². The summed E-state index contributed by atoms with van der Waals surface area (Å²) in [5.41, 5.74) is 0. The highest BCUT2D eigenvalue weighted by Gasteiger charge is 2.28. The molecule has 126 valence electrons. The van der Waals surface area contributed by atoms with Crippen molar-refractivity contribution in [3.8, 4) is 0 Å². The molecule has 2 aliphatic heterocycles. The third kappa shape index (κ3) is 3.99. The van der Waals surface area contributed by atoms with Crippen LogP contribution in [0.15, 0.2) is 18.5 Å². The van der Waals surface area contributed by atoms with Gasteiger partial charge in [-0.05, 0) is 44.8 Å². The molecule has 0 bridgehead atoms. The third-order valence-corrected chi connectivity index (χ3v) is 5.12. The predicted molar refractivity (Wildman–Crippen MR) is 90.2 cm³/mol. The van der Waals surface area contributed by atoms with Gasteiger partial charge in [0.15, 0.2) is 0 Å². The highest BCUT2D eigenvalue weighted by molar-refractivity contribution is 5.79. The second-order valence-corrected chi connectivity index (χ2v) is 6.48. The molecule has 0 aromatic carbocycles. The molecule has 0 saturated carbocycles. The van der Waals surface area contributed by atoms with Crippen molar-refractivity contribution in [2.75, 3.05) is 37.6 Å². The van der Waals surface area contributed by atoms with Gasteiger partial charge in [-0.2, -0.15) is 0 Å². The molecule has 1 amide bonds. The minimum absolute atomic E-state index is 0.131. The van der Waals surface area contributed by atoms with E-state index in [0.29, 0.717) is 6.04 Å². The maximum atomic E-state index is 12.4. The smallest absolute Gasteiger partial charge is 0.225 e. The van der Waals surface area contributed by atoms with Crippen molar-refractivity contribution in [1.82, 2.24) is 20.2 Å². The molecule has 0 spiro atoms. The molecule has 1 aromatic heterocycles. The summed E-state index contributed by atoms with van der Waals surface area (Å²) in [6, 6.07) is 2.36. The number of nitrogens with zero attached hydrogens (tertiary/aromatic N) is 4. The van der Waals surface area contributed by atoms with E-state index in [1.165, 1.54) is 19.4 Å². The topological polar surface area (TPSA) is 61.4 Å². The Morgan fingerprint density at radius 3 is 2.65 bits per heavy atom. The lowest BCUT2D eigenvalue weighted by Gasteiger charge is -2.31. The Morgan fingerprint density at radius 2 is 1.96 bits per heavy atom. The number of likely N-dealkylation sites (N-methyl/N-ethyl adjacent to an activating group) is 1. The van der Waals surface area contributed by atoms with Gasteiger partial charge in [-0.1, -0.05) is 6.92 Å². The number of likely N-dealkylation sites (tertiary alicyclic amines) is 1. The number of anilines is 1. The third-order valence-electron chi connectivity index (χ3n) is 5.12. The zero-order valence-corrected chi connectivity index (χ0v) is 13.9. The molecule has 2 fully saturated rings.